The summed E-state index contributed by atoms with van der Waals surface area (Å²) >= 11 is 0. The molecule has 5 nitrogen and oxygen atoms in total. The van der Waals surface area contributed by atoms with Crippen molar-refractivity contribution in [1.29, 1.82) is 0 Å². The zero-order chi connectivity index (χ0) is 21.7. The average molecular weight is 428 g/mol. The van der Waals surface area contributed by atoms with Crippen molar-refractivity contribution in [2.45, 2.75) is 37.7 Å². The lowest BCUT2D eigenvalue weighted by atomic mass is 9.78. The number of halogens is 1. The third-order valence-corrected chi connectivity index (χ3v) is 6.50. The van der Waals surface area contributed by atoms with Crippen LogP contribution in [0.15, 0.2) is 48.5 Å². The minimum absolute atomic E-state index is 0.0672. The summed E-state index contributed by atoms with van der Waals surface area (Å²) in [5, 5.41) is 0. The highest BCUT2D eigenvalue weighted by molar-refractivity contribution is 5.94. The van der Waals surface area contributed by atoms with Crippen LogP contribution < -0.4 is 9.47 Å². The topological polar surface area (TPSA) is 48.0 Å². The second-order valence-corrected chi connectivity index (χ2v) is 8.50. The van der Waals surface area contributed by atoms with E-state index in [1.165, 1.54) is 12.1 Å². The Balaban J connectivity index is 1.26. The van der Waals surface area contributed by atoms with Crippen LogP contribution in [0.25, 0.3) is 0 Å². The van der Waals surface area contributed by atoms with Gasteiger partial charge in [-0.15, -0.1) is 0 Å². The van der Waals surface area contributed by atoms with E-state index in [4.69, 9.17) is 14.2 Å². The zero-order valence-corrected chi connectivity index (χ0v) is 18.0. The van der Waals surface area contributed by atoms with Gasteiger partial charge in [0.2, 0.25) is 0 Å². The molecule has 0 aromatic heterocycles. The molecule has 6 heteroatoms. The van der Waals surface area contributed by atoms with Crippen molar-refractivity contribution >= 4 is 5.91 Å². The van der Waals surface area contributed by atoms with Gasteiger partial charge in [-0.3, -0.25) is 4.79 Å². The van der Waals surface area contributed by atoms with E-state index in [1.807, 2.05) is 29.2 Å². The Kier molecular flexibility index (Phi) is 6.76. The van der Waals surface area contributed by atoms with Crippen molar-refractivity contribution in [1.82, 2.24) is 4.90 Å². The Morgan fingerprint density at radius 2 is 1.77 bits per heavy atom. The summed E-state index contributed by atoms with van der Waals surface area (Å²) in [4.78, 5) is 14.8. The molecule has 31 heavy (non-hydrogen) atoms. The molecule has 0 N–H and O–H groups in total. The molecule has 2 aromatic carbocycles. The lowest BCUT2D eigenvalue weighted by molar-refractivity contribution is -0.125. The number of piperidine rings is 1. The number of ether oxygens (including phenoxy) is 3. The number of nitrogens with zero attached hydrogens (tertiary/aromatic N) is 1. The van der Waals surface area contributed by atoms with Gasteiger partial charge in [-0.25, -0.2) is 4.39 Å². The number of hydrogen-bond donors (Lipinski definition) is 0. The Hall–Kier alpha value is -2.60. The molecule has 2 aromatic rings. The van der Waals surface area contributed by atoms with E-state index in [0.717, 1.165) is 44.5 Å². The molecule has 166 valence electrons. The van der Waals surface area contributed by atoms with Crippen molar-refractivity contribution in [2.75, 3.05) is 33.4 Å². The first kappa shape index (κ1) is 21.6. The normalized spacial score (nSPS) is 20.5. The van der Waals surface area contributed by atoms with Gasteiger partial charge < -0.3 is 19.1 Å². The lowest BCUT2D eigenvalue weighted by Gasteiger charge is -2.46. The average Bonchev–Trinajstić information content (AvgIpc) is 2.81. The minimum Gasteiger partial charge on any atom is -0.497 e. The predicted octanol–water partition coefficient (Wildman–Crippen LogP) is 4.70. The molecule has 2 aliphatic heterocycles. The molecule has 0 bridgehead atoms. The first-order valence-corrected chi connectivity index (χ1v) is 11.0. The number of rotatable bonds is 6. The standard InChI is InChI=1S/C25H30FNO4/c1-29-22-6-2-20(3-7-22)24(28)27-14-12-25(13-15-27)18-19(11-17-31-25)10-16-30-23-8-4-21(26)5-9-23/h2-9,19H,10-18H2,1H3. The van der Waals surface area contributed by atoms with Gasteiger partial charge in [0, 0.05) is 25.3 Å². The van der Waals surface area contributed by atoms with Gasteiger partial charge in [-0.05, 0) is 86.6 Å². The summed E-state index contributed by atoms with van der Waals surface area (Å²) in [6.07, 6.45) is 4.72. The molecule has 0 radical (unpaired) electrons. The smallest absolute Gasteiger partial charge is 0.253 e. The van der Waals surface area contributed by atoms with E-state index in [1.54, 1.807) is 19.2 Å². The number of carbonyl (C=O) groups is 1. The van der Waals surface area contributed by atoms with Gasteiger partial charge in [-0.2, -0.15) is 0 Å². The van der Waals surface area contributed by atoms with Crippen molar-refractivity contribution < 1.29 is 23.4 Å². The quantitative estimate of drug-likeness (QED) is 0.670. The fraction of sp³-hybridized carbons (Fsp3) is 0.480. The summed E-state index contributed by atoms with van der Waals surface area (Å²) in [5.74, 6) is 1.80. The maximum atomic E-state index is 13.0. The van der Waals surface area contributed by atoms with Gasteiger partial charge in [0.05, 0.1) is 19.3 Å². The predicted molar refractivity (Wildman–Crippen MR) is 116 cm³/mol. The first-order chi connectivity index (χ1) is 15.1. The summed E-state index contributed by atoms with van der Waals surface area (Å²) < 4.78 is 30.2. The van der Waals surface area contributed by atoms with E-state index in [-0.39, 0.29) is 17.3 Å². The van der Waals surface area contributed by atoms with Gasteiger partial charge in [0.25, 0.3) is 5.91 Å². The van der Waals surface area contributed by atoms with Gasteiger partial charge in [0.15, 0.2) is 0 Å². The Bertz CT molecular complexity index is 860. The number of carbonyl (C=O) groups excluding carboxylic acids is 1. The number of amides is 1. The molecule has 1 spiro atoms. The van der Waals surface area contributed by atoms with Crippen molar-refractivity contribution in [3.8, 4) is 11.5 Å². The Morgan fingerprint density at radius 1 is 1.10 bits per heavy atom. The molecule has 2 saturated heterocycles. The van der Waals surface area contributed by atoms with Crippen LogP contribution in [0.5, 0.6) is 11.5 Å². The van der Waals surface area contributed by atoms with Crippen molar-refractivity contribution in [3.05, 3.63) is 59.9 Å². The van der Waals surface area contributed by atoms with Crippen LogP contribution in [-0.4, -0.2) is 49.8 Å². The van der Waals surface area contributed by atoms with Gasteiger partial charge in [-0.1, -0.05) is 0 Å². The Labute approximate surface area is 183 Å². The first-order valence-electron chi connectivity index (χ1n) is 11.0. The third kappa shape index (κ3) is 5.37. The number of hydrogen-bond acceptors (Lipinski definition) is 4. The number of benzene rings is 2. The van der Waals surface area contributed by atoms with E-state index >= 15 is 0 Å². The zero-order valence-electron chi connectivity index (χ0n) is 18.0. The summed E-state index contributed by atoms with van der Waals surface area (Å²) in [7, 11) is 1.62. The van der Waals surface area contributed by atoms with Crippen LogP contribution in [0.2, 0.25) is 0 Å². The Morgan fingerprint density at radius 3 is 2.45 bits per heavy atom. The van der Waals surface area contributed by atoms with Crippen molar-refractivity contribution in [2.24, 2.45) is 5.92 Å². The van der Waals surface area contributed by atoms with Gasteiger partial charge in [0.1, 0.15) is 17.3 Å². The van der Waals surface area contributed by atoms with Crippen molar-refractivity contribution in [3.63, 3.8) is 0 Å². The molecule has 0 aliphatic carbocycles. The second kappa shape index (κ2) is 9.69. The molecule has 4 rings (SSSR count). The minimum atomic E-state index is -0.254. The molecule has 2 fully saturated rings. The highest BCUT2D eigenvalue weighted by atomic mass is 19.1. The van der Waals surface area contributed by atoms with E-state index in [0.29, 0.717) is 36.9 Å². The number of methoxy groups -OCH3 is 1. The van der Waals surface area contributed by atoms with Crippen LogP contribution in [0.3, 0.4) is 0 Å². The molecule has 2 aliphatic rings. The monoisotopic (exact) mass is 427 g/mol. The second-order valence-electron chi connectivity index (χ2n) is 8.50. The largest absolute Gasteiger partial charge is 0.497 e. The van der Waals surface area contributed by atoms with Gasteiger partial charge >= 0.3 is 0 Å². The maximum Gasteiger partial charge on any atom is 0.253 e. The summed E-state index contributed by atoms with van der Waals surface area (Å²) in [6.45, 7) is 2.80. The van der Waals surface area contributed by atoms with Crippen LogP contribution in [-0.2, 0) is 4.74 Å². The summed E-state index contributed by atoms with van der Waals surface area (Å²) in [5.41, 5.74) is 0.562. The molecule has 1 atom stereocenters. The van der Waals surface area contributed by atoms with Crippen LogP contribution >= 0.6 is 0 Å². The highest BCUT2D eigenvalue weighted by Crippen LogP contribution is 2.39. The van der Waals surface area contributed by atoms with Crippen LogP contribution in [0.4, 0.5) is 4.39 Å². The maximum absolute atomic E-state index is 13.0. The van der Waals surface area contributed by atoms with E-state index in [9.17, 15) is 9.18 Å². The number of likely N-dealkylation sites (tertiary alicyclic amines) is 1. The molecule has 1 amide bonds. The molecule has 0 saturated carbocycles. The van der Waals surface area contributed by atoms with E-state index < -0.39 is 0 Å². The van der Waals surface area contributed by atoms with E-state index in [2.05, 4.69) is 0 Å². The fourth-order valence-electron chi connectivity index (χ4n) is 4.63. The lowest BCUT2D eigenvalue weighted by Crippen LogP contribution is -2.50. The third-order valence-electron chi connectivity index (χ3n) is 6.50. The molecule has 2 heterocycles. The molecular weight excluding hydrogens is 397 g/mol. The fourth-order valence-corrected chi connectivity index (χ4v) is 4.63. The van der Waals surface area contributed by atoms with Crippen LogP contribution in [0.1, 0.15) is 42.5 Å². The van der Waals surface area contributed by atoms with Crippen LogP contribution in [0, 0.1) is 11.7 Å². The highest BCUT2D eigenvalue weighted by Gasteiger charge is 2.41. The SMILES string of the molecule is COc1ccc(C(=O)N2CCC3(CC2)CC(CCOc2ccc(F)cc2)CCO3)cc1. The summed E-state index contributed by atoms with van der Waals surface area (Å²) in [6, 6.07) is 13.4. The molecule has 1 unspecified atom stereocenters. The molecular formula is C25H30FNO4.